The van der Waals surface area contributed by atoms with Gasteiger partial charge >= 0.3 is 0 Å². The Morgan fingerprint density at radius 3 is 2.43 bits per heavy atom. The standard InChI is InChI=1S/C14H20F2N2O4S/c1-22-10-4-8-17-13(19)7-9-18(23(2,20)21)14-11(15)5-3-6-12(14)16/h3,5-6H,4,7-10H2,1-2H3,(H,17,19). The quantitative estimate of drug-likeness (QED) is 0.681. The molecule has 0 aromatic heterocycles. The van der Waals surface area contributed by atoms with Gasteiger partial charge in [0.15, 0.2) is 11.6 Å². The van der Waals surface area contributed by atoms with E-state index in [1.54, 1.807) is 0 Å². The third kappa shape index (κ3) is 6.11. The van der Waals surface area contributed by atoms with Crippen molar-refractivity contribution in [3.05, 3.63) is 29.8 Å². The van der Waals surface area contributed by atoms with Gasteiger partial charge in [-0.25, -0.2) is 17.2 Å². The van der Waals surface area contributed by atoms with Crippen LogP contribution in [0.3, 0.4) is 0 Å². The van der Waals surface area contributed by atoms with Gasteiger partial charge < -0.3 is 10.1 Å². The molecule has 0 bridgehead atoms. The fourth-order valence-electron chi connectivity index (χ4n) is 1.91. The summed E-state index contributed by atoms with van der Waals surface area (Å²) in [5.41, 5.74) is -0.679. The number of para-hydroxylation sites is 1. The molecule has 0 spiro atoms. The van der Waals surface area contributed by atoms with Crippen molar-refractivity contribution < 1.29 is 26.7 Å². The first-order valence-electron chi connectivity index (χ1n) is 6.94. The number of hydrogen-bond donors (Lipinski definition) is 1. The van der Waals surface area contributed by atoms with Gasteiger partial charge in [-0.15, -0.1) is 0 Å². The van der Waals surface area contributed by atoms with Gasteiger partial charge in [0, 0.05) is 33.2 Å². The number of ether oxygens (including phenoxy) is 1. The second-order valence-electron chi connectivity index (χ2n) is 4.85. The van der Waals surface area contributed by atoms with Crippen molar-refractivity contribution in [2.45, 2.75) is 12.8 Å². The third-order valence-electron chi connectivity index (χ3n) is 2.98. The minimum absolute atomic E-state index is 0.214. The number of hydrogen-bond acceptors (Lipinski definition) is 4. The number of sulfonamides is 1. The Bertz CT molecular complexity index is 617. The van der Waals surface area contributed by atoms with Crippen LogP contribution in [0.4, 0.5) is 14.5 Å². The van der Waals surface area contributed by atoms with Crippen LogP contribution >= 0.6 is 0 Å². The summed E-state index contributed by atoms with van der Waals surface area (Å²) in [5, 5.41) is 2.58. The first-order valence-corrected chi connectivity index (χ1v) is 8.79. The number of nitrogens with zero attached hydrogens (tertiary/aromatic N) is 1. The molecule has 0 unspecified atom stereocenters. The van der Waals surface area contributed by atoms with Gasteiger partial charge in [-0.1, -0.05) is 6.07 Å². The first-order chi connectivity index (χ1) is 10.8. The highest BCUT2D eigenvalue weighted by atomic mass is 32.2. The average Bonchev–Trinajstić information content (AvgIpc) is 2.45. The fourth-order valence-corrected chi connectivity index (χ4v) is 2.84. The SMILES string of the molecule is COCCCNC(=O)CCN(c1c(F)cccc1F)S(C)(=O)=O. The van der Waals surface area contributed by atoms with Gasteiger partial charge in [-0.2, -0.15) is 0 Å². The maximum absolute atomic E-state index is 13.8. The van der Waals surface area contributed by atoms with E-state index in [9.17, 15) is 22.0 Å². The smallest absolute Gasteiger partial charge is 0.232 e. The Balaban J connectivity index is 2.77. The van der Waals surface area contributed by atoms with Crippen LogP contribution in [0.15, 0.2) is 18.2 Å². The molecule has 0 fully saturated rings. The number of methoxy groups -OCH3 is 1. The third-order valence-corrected chi connectivity index (χ3v) is 4.14. The molecule has 0 heterocycles. The summed E-state index contributed by atoms with van der Waals surface area (Å²) >= 11 is 0. The molecule has 0 aliphatic rings. The monoisotopic (exact) mass is 350 g/mol. The fraction of sp³-hybridized carbons (Fsp3) is 0.500. The summed E-state index contributed by atoms with van der Waals surface area (Å²) < 4.78 is 56.5. The minimum atomic E-state index is -3.93. The highest BCUT2D eigenvalue weighted by molar-refractivity contribution is 7.92. The molecule has 0 saturated carbocycles. The summed E-state index contributed by atoms with van der Waals surface area (Å²) in [7, 11) is -2.40. The van der Waals surface area contributed by atoms with Crippen molar-refractivity contribution in [1.82, 2.24) is 5.32 Å². The highest BCUT2D eigenvalue weighted by Gasteiger charge is 2.24. The van der Waals surface area contributed by atoms with Crippen LogP contribution in [0.5, 0.6) is 0 Å². The summed E-state index contributed by atoms with van der Waals surface area (Å²) in [6.45, 7) is 0.503. The summed E-state index contributed by atoms with van der Waals surface area (Å²) in [5.74, 6) is -2.42. The number of halogens is 2. The Morgan fingerprint density at radius 2 is 1.91 bits per heavy atom. The van der Waals surface area contributed by atoms with E-state index in [4.69, 9.17) is 4.74 Å². The van der Waals surface area contributed by atoms with Crippen LogP contribution in [-0.2, 0) is 19.6 Å². The molecule has 23 heavy (non-hydrogen) atoms. The second kappa shape index (κ2) is 8.78. The first kappa shape index (κ1) is 19.3. The predicted molar refractivity (Wildman–Crippen MR) is 82.7 cm³/mol. The zero-order valence-electron chi connectivity index (χ0n) is 13.0. The predicted octanol–water partition coefficient (Wildman–Crippen LogP) is 1.27. The van der Waals surface area contributed by atoms with Gasteiger partial charge in [0.25, 0.3) is 0 Å². The van der Waals surface area contributed by atoms with Crippen LogP contribution in [0.2, 0.25) is 0 Å². The van der Waals surface area contributed by atoms with Crippen LogP contribution in [0.1, 0.15) is 12.8 Å². The number of carbonyl (C=O) groups excluding carboxylic acids is 1. The van der Waals surface area contributed by atoms with Gasteiger partial charge in [0.2, 0.25) is 15.9 Å². The summed E-state index contributed by atoms with van der Waals surface area (Å²) in [4.78, 5) is 11.7. The normalized spacial score (nSPS) is 11.3. The van der Waals surface area contributed by atoms with E-state index in [0.29, 0.717) is 23.9 Å². The maximum Gasteiger partial charge on any atom is 0.232 e. The molecular weight excluding hydrogens is 330 g/mol. The zero-order chi connectivity index (χ0) is 17.5. The topological polar surface area (TPSA) is 75.7 Å². The number of anilines is 1. The molecule has 1 N–H and O–H groups in total. The average molecular weight is 350 g/mol. The van der Waals surface area contributed by atoms with E-state index in [1.165, 1.54) is 7.11 Å². The van der Waals surface area contributed by atoms with Gasteiger partial charge in [-0.3, -0.25) is 9.10 Å². The lowest BCUT2D eigenvalue weighted by Crippen LogP contribution is -2.36. The Morgan fingerprint density at radius 1 is 1.30 bits per heavy atom. The molecule has 0 radical (unpaired) electrons. The minimum Gasteiger partial charge on any atom is -0.385 e. The molecule has 0 saturated heterocycles. The van der Waals surface area contributed by atoms with Gasteiger partial charge in [-0.05, 0) is 18.6 Å². The van der Waals surface area contributed by atoms with Gasteiger partial charge in [0.05, 0.1) is 6.26 Å². The van der Waals surface area contributed by atoms with Crippen molar-refractivity contribution in [2.24, 2.45) is 0 Å². The zero-order valence-corrected chi connectivity index (χ0v) is 13.8. The van der Waals surface area contributed by atoms with Crippen molar-refractivity contribution in [3.8, 4) is 0 Å². The molecule has 1 aromatic rings. The number of amides is 1. The molecule has 9 heteroatoms. The van der Waals surface area contributed by atoms with Gasteiger partial charge in [0.1, 0.15) is 5.69 Å². The van der Waals surface area contributed by atoms with E-state index in [0.717, 1.165) is 24.5 Å². The van der Waals surface area contributed by atoms with E-state index in [1.807, 2.05) is 0 Å². The maximum atomic E-state index is 13.8. The summed E-state index contributed by atoms with van der Waals surface area (Å²) in [6.07, 6.45) is 1.23. The van der Waals surface area contributed by atoms with Crippen molar-refractivity contribution in [3.63, 3.8) is 0 Å². The molecular formula is C14H20F2N2O4S. The molecule has 130 valence electrons. The Hall–Kier alpha value is -1.74. The number of nitrogens with one attached hydrogen (secondary N) is 1. The lowest BCUT2D eigenvalue weighted by atomic mass is 10.2. The van der Waals surface area contributed by atoms with Crippen molar-refractivity contribution >= 4 is 21.6 Å². The van der Waals surface area contributed by atoms with Crippen LogP contribution in [0, 0.1) is 11.6 Å². The highest BCUT2D eigenvalue weighted by Crippen LogP contribution is 2.25. The molecule has 1 amide bonds. The Kier molecular flexibility index (Phi) is 7.37. The molecule has 1 rings (SSSR count). The number of benzene rings is 1. The van der Waals surface area contributed by atoms with E-state index in [2.05, 4.69) is 5.32 Å². The molecule has 6 nitrogen and oxygen atoms in total. The lowest BCUT2D eigenvalue weighted by Gasteiger charge is -2.23. The molecule has 0 atom stereocenters. The lowest BCUT2D eigenvalue weighted by molar-refractivity contribution is -0.120. The summed E-state index contributed by atoms with van der Waals surface area (Å²) in [6, 6.07) is 3.06. The molecule has 0 aliphatic heterocycles. The Labute approximate surface area is 134 Å². The second-order valence-corrected chi connectivity index (χ2v) is 6.76. The number of rotatable bonds is 9. The van der Waals surface area contributed by atoms with Crippen molar-refractivity contribution in [1.29, 1.82) is 0 Å². The van der Waals surface area contributed by atoms with E-state index >= 15 is 0 Å². The molecule has 0 aliphatic carbocycles. The van der Waals surface area contributed by atoms with E-state index < -0.39 is 33.3 Å². The molecule has 1 aromatic carbocycles. The van der Waals surface area contributed by atoms with E-state index in [-0.39, 0.29) is 13.0 Å². The van der Waals surface area contributed by atoms with Crippen LogP contribution in [0.25, 0.3) is 0 Å². The van der Waals surface area contributed by atoms with Crippen LogP contribution < -0.4 is 9.62 Å². The van der Waals surface area contributed by atoms with Crippen molar-refractivity contribution in [2.75, 3.05) is 37.4 Å². The number of carbonyl (C=O) groups is 1. The largest absolute Gasteiger partial charge is 0.385 e. The van der Waals surface area contributed by atoms with Crippen LogP contribution in [-0.4, -0.2) is 47.4 Å².